The van der Waals surface area contributed by atoms with Crippen molar-refractivity contribution in [3.63, 3.8) is 0 Å². The van der Waals surface area contributed by atoms with Crippen molar-refractivity contribution in [3.05, 3.63) is 5.32 Å². The summed E-state index contributed by atoms with van der Waals surface area (Å²) in [5.74, 6) is 0. The van der Waals surface area contributed by atoms with E-state index in [9.17, 15) is 0 Å². The first-order valence-electron chi connectivity index (χ1n) is 5.42. The molecule has 2 saturated heterocycles. The van der Waals surface area contributed by atoms with Gasteiger partial charge in [-0.2, -0.15) is 0 Å². The van der Waals surface area contributed by atoms with Crippen LogP contribution in [0.4, 0.5) is 0 Å². The van der Waals surface area contributed by atoms with Gasteiger partial charge in [-0.3, -0.25) is 0 Å². The summed E-state index contributed by atoms with van der Waals surface area (Å²) >= 11 is 0. The van der Waals surface area contributed by atoms with E-state index in [-0.39, 0.29) is 18.9 Å². The van der Waals surface area contributed by atoms with Crippen molar-refractivity contribution in [1.29, 1.82) is 0 Å². The van der Waals surface area contributed by atoms with Crippen LogP contribution in [0.25, 0.3) is 5.32 Å². The van der Waals surface area contributed by atoms with Crippen molar-refractivity contribution in [2.24, 2.45) is 0 Å². The van der Waals surface area contributed by atoms with Crippen LogP contribution >= 0.6 is 0 Å². The molecule has 0 saturated carbocycles. The normalized spacial score (nSPS) is 30.2. The van der Waals surface area contributed by atoms with Crippen LogP contribution < -0.4 is 18.9 Å². The smallest absolute Gasteiger partial charge is 0.658 e. The van der Waals surface area contributed by atoms with Gasteiger partial charge in [-0.25, -0.2) is 0 Å². The van der Waals surface area contributed by atoms with E-state index in [2.05, 4.69) is 22.2 Å². The summed E-state index contributed by atoms with van der Waals surface area (Å²) in [5.41, 5.74) is 0. The molecule has 76 valence electrons. The Balaban J connectivity index is 0.000000980. The largest absolute Gasteiger partial charge is 1.00 e. The van der Waals surface area contributed by atoms with Crippen LogP contribution in [0, 0.1) is 0 Å². The molecule has 0 spiro atoms. The summed E-state index contributed by atoms with van der Waals surface area (Å²) in [4.78, 5) is 4.97. The Morgan fingerprint density at radius 3 is 2.50 bits per heavy atom. The number of rotatable bonds is 2. The molecule has 0 aliphatic carbocycles. The van der Waals surface area contributed by atoms with E-state index in [1.54, 1.807) is 0 Å². The van der Waals surface area contributed by atoms with Crippen LogP contribution in [-0.2, 0) is 0 Å². The Labute approximate surface area is 99.4 Å². The van der Waals surface area contributed by atoms with Gasteiger partial charge < -0.3 is 15.1 Å². The zero-order valence-electron chi connectivity index (χ0n) is 9.58. The van der Waals surface area contributed by atoms with Crippen LogP contribution in [0.1, 0.15) is 12.8 Å². The van der Waals surface area contributed by atoms with Gasteiger partial charge in [0.05, 0.1) is 0 Å². The van der Waals surface area contributed by atoms with E-state index in [1.807, 2.05) is 0 Å². The fourth-order valence-electron chi connectivity index (χ4n) is 2.17. The van der Waals surface area contributed by atoms with E-state index in [0.29, 0.717) is 6.04 Å². The zero-order valence-corrected chi connectivity index (χ0v) is 9.58. The Kier molecular flexibility index (Phi) is 5.51. The van der Waals surface area contributed by atoms with Gasteiger partial charge in [0.2, 0.25) is 0 Å². The summed E-state index contributed by atoms with van der Waals surface area (Å²) in [7, 11) is 2.21. The molecule has 2 rings (SSSR count). The Morgan fingerprint density at radius 1 is 1.21 bits per heavy atom. The van der Waals surface area contributed by atoms with Crippen LogP contribution in [0.3, 0.4) is 0 Å². The van der Waals surface area contributed by atoms with Crippen molar-refractivity contribution in [3.8, 4) is 0 Å². The molecule has 3 nitrogen and oxygen atoms in total. The van der Waals surface area contributed by atoms with Gasteiger partial charge in [-0.1, -0.05) is 12.8 Å². The predicted molar refractivity (Wildman–Crippen MR) is 55.2 cm³/mol. The maximum absolute atomic E-state index is 4.59. The second kappa shape index (κ2) is 6.15. The molecule has 4 heteroatoms. The molecule has 1 atom stereocenters. The molecule has 0 aromatic rings. The van der Waals surface area contributed by atoms with Gasteiger partial charge in [-0.15, -0.1) is 12.6 Å². The summed E-state index contributed by atoms with van der Waals surface area (Å²) in [6.07, 6.45) is 2.64. The fourth-order valence-corrected chi connectivity index (χ4v) is 2.17. The van der Waals surface area contributed by atoms with Gasteiger partial charge >= 0.3 is 18.9 Å². The second-order valence-electron chi connectivity index (χ2n) is 4.31. The predicted octanol–water partition coefficient (Wildman–Crippen LogP) is -2.23. The van der Waals surface area contributed by atoms with Gasteiger partial charge in [0.15, 0.2) is 0 Å². The first-order chi connectivity index (χ1) is 6.34. The molecule has 2 aliphatic heterocycles. The van der Waals surface area contributed by atoms with Crippen LogP contribution in [-0.4, -0.2) is 62.2 Å². The van der Waals surface area contributed by atoms with Crippen molar-refractivity contribution in [2.75, 3.05) is 46.3 Å². The third-order valence-corrected chi connectivity index (χ3v) is 3.15. The number of hydrogen-bond donors (Lipinski definition) is 0. The molecular weight excluding hydrogens is 169 g/mol. The molecule has 0 bridgehead atoms. The molecule has 2 heterocycles. The average molecular weight is 189 g/mol. The molecule has 14 heavy (non-hydrogen) atoms. The van der Waals surface area contributed by atoms with Crippen LogP contribution in [0.5, 0.6) is 0 Å². The van der Waals surface area contributed by atoms with Crippen molar-refractivity contribution in [2.45, 2.75) is 18.9 Å². The molecule has 0 radical (unpaired) electrons. The first kappa shape index (κ1) is 12.5. The Hall–Kier alpha value is 0.477. The third-order valence-electron chi connectivity index (χ3n) is 3.15. The average Bonchev–Trinajstić information content (AvgIpc) is 2.62. The maximum atomic E-state index is 4.59. The van der Waals surface area contributed by atoms with E-state index in [4.69, 9.17) is 0 Å². The zero-order chi connectivity index (χ0) is 9.10. The minimum atomic E-state index is 0. The van der Waals surface area contributed by atoms with E-state index in [0.717, 1.165) is 6.54 Å². The number of likely N-dealkylation sites (N-methyl/N-ethyl adjacent to an activating group) is 1. The number of nitrogens with zero attached hydrogens (tertiary/aromatic N) is 3. The van der Waals surface area contributed by atoms with Crippen LogP contribution in [0.2, 0.25) is 0 Å². The summed E-state index contributed by atoms with van der Waals surface area (Å²) in [6, 6.07) is 0.656. The SMILES string of the molecule is CN1CCN(C[C@@H]2CCC[N-]2)CC1.[Li+]. The summed E-state index contributed by atoms with van der Waals surface area (Å²) < 4.78 is 0. The minimum Gasteiger partial charge on any atom is -0.658 e. The van der Waals surface area contributed by atoms with Gasteiger partial charge in [0.25, 0.3) is 0 Å². The standard InChI is InChI=1S/C10H20N3.Li/c1-12-5-7-13(8-6-12)9-10-3-2-4-11-10;/h10H,2-9H2,1H3;/q-1;+1/t10-;/m0./s1. The summed E-state index contributed by atoms with van der Waals surface area (Å²) in [5, 5.41) is 4.59. The molecule has 0 N–H and O–H groups in total. The third kappa shape index (κ3) is 3.56. The van der Waals surface area contributed by atoms with E-state index < -0.39 is 0 Å². The maximum Gasteiger partial charge on any atom is 1.00 e. The molecule has 0 aromatic carbocycles. The van der Waals surface area contributed by atoms with Crippen molar-refractivity contribution < 1.29 is 18.9 Å². The van der Waals surface area contributed by atoms with E-state index in [1.165, 1.54) is 45.6 Å². The minimum absolute atomic E-state index is 0. The topological polar surface area (TPSA) is 20.6 Å². The van der Waals surface area contributed by atoms with E-state index >= 15 is 0 Å². The van der Waals surface area contributed by atoms with Gasteiger partial charge in [0, 0.05) is 26.2 Å². The molecular formula is C10H20LiN3. The van der Waals surface area contributed by atoms with Gasteiger partial charge in [0.1, 0.15) is 0 Å². The number of piperazine rings is 1. The molecule has 2 fully saturated rings. The monoisotopic (exact) mass is 189 g/mol. The molecule has 2 aliphatic rings. The van der Waals surface area contributed by atoms with Crippen molar-refractivity contribution in [1.82, 2.24) is 9.80 Å². The number of hydrogen-bond acceptors (Lipinski definition) is 2. The Bertz CT molecular complexity index is 151. The molecule has 0 unspecified atom stereocenters. The summed E-state index contributed by atoms with van der Waals surface area (Å²) in [6.45, 7) is 7.26. The second-order valence-corrected chi connectivity index (χ2v) is 4.31. The first-order valence-corrected chi connectivity index (χ1v) is 5.42. The fraction of sp³-hybridized carbons (Fsp3) is 1.00. The van der Waals surface area contributed by atoms with Crippen LogP contribution in [0.15, 0.2) is 0 Å². The quantitative estimate of drug-likeness (QED) is 0.458. The molecule has 0 aromatic heterocycles. The van der Waals surface area contributed by atoms with Crippen molar-refractivity contribution >= 4 is 0 Å². The molecule has 0 amide bonds. The van der Waals surface area contributed by atoms with Gasteiger partial charge in [-0.05, 0) is 13.6 Å². The Morgan fingerprint density at radius 2 is 1.93 bits per heavy atom.